The van der Waals surface area contributed by atoms with E-state index in [1.807, 2.05) is 27.7 Å². The normalized spacial score (nSPS) is 11.2. The second kappa shape index (κ2) is 10.5. The van der Waals surface area contributed by atoms with E-state index in [1.165, 1.54) is 0 Å². The van der Waals surface area contributed by atoms with E-state index in [0.29, 0.717) is 32.1 Å². The molecule has 0 saturated carbocycles. The molecule has 1 N–H and O–H groups in total. The first-order valence-electron chi connectivity index (χ1n) is 6.48. The summed E-state index contributed by atoms with van der Waals surface area (Å²) < 4.78 is 10.8. The van der Waals surface area contributed by atoms with E-state index in [4.69, 9.17) is 9.47 Å². The van der Waals surface area contributed by atoms with Gasteiger partial charge in [0.15, 0.2) is 0 Å². The maximum absolute atomic E-state index is 11.3. The standard InChI is InChI=1S/C13H27NO3/c1-11(2)10-13(15)14-6-9-16-7-5-8-17-12(3)4/h11-12H,5-10H2,1-4H3,(H,14,15). The smallest absolute Gasteiger partial charge is 0.220 e. The number of hydrogen-bond acceptors (Lipinski definition) is 3. The zero-order chi connectivity index (χ0) is 13.1. The van der Waals surface area contributed by atoms with E-state index in [0.717, 1.165) is 13.0 Å². The first-order valence-corrected chi connectivity index (χ1v) is 6.48. The summed E-state index contributed by atoms with van der Waals surface area (Å²) in [6.07, 6.45) is 1.77. The number of hydrogen-bond donors (Lipinski definition) is 1. The molecule has 102 valence electrons. The van der Waals surface area contributed by atoms with Gasteiger partial charge < -0.3 is 14.8 Å². The fourth-order valence-corrected chi connectivity index (χ4v) is 1.29. The highest BCUT2D eigenvalue weighted by Gasteiger charge is 2.03. The van der Waals surface area contributed by atoms with Crippen molar-refractivity contribution in [1.82, 2.24) is 5.32 Å². The molecule has 4 nitrogen and oxygen atoms in total. The van der Waals surface area contributed by atoms with E-state index in [2.05, 4.69) is 5.32 Å². The number of carbonyl (C=O) groups excluding carboxylic acids is 1. The van der Waals surface area contributed by atoms with Crippen molar-refractivity contribution in [2.24, 2.45) is 5.92 Å². The van der Waals surface area contributed by atoms with Gasteiger partial charge in [-0.25, -0.2) is 0 Å². The first-order chi connectivity index (χ1) is 8.02. The molecule has 0 atom stereocenters. The summed E-state index contributed by atoms with van der Waals surface area (Å²) in [5, 5.41) is 2.83. The molecular weight excluding hydrogens is 218 g/mol. The Kier molecular flexibility index (Phi) is 10.2. The molecule has 0 unspecified atom stereocenters. The summed E-state index contributed by atoms with van der Waals surface area (Å²) in [5.74, 6) is 0.510. The molecule has 0 aromatic carbocycles. The van der Waals surface area contributed by atoms with Crippen molar-refractivity contribution in [2.45, 2.75) is 46.6 Å². The first kappa shape index (κ1) is 16.4. The van der Waals surface area contributed by atoms with Crippen LogP contribution in [0.2, 0.25) is 0 Å². The fraction of sp³-hybridized carbons (Fsp3) is 0.923. The molecule has 0 aliphatic rings. The van der Waals surface area contributed by atoms with Crippen LogP contribution >= 0.6 is 0 Å². The van der Waals surface area contributed by atoms with Crippen LogP contribution in [0.4, 0.5) is 0 Å². The van der Waals surface area contributed by atoms with Crippen LogP contribution in [-0.2, 0) is 14.3 Å². The van der Waals surface area contributed by atoms with Gasteiger partial charge in [0.2, 0.25) is 5.91 Å². The van der Waals surface area contributed by atoms with Crippen LogP contribution in [0.5, 0.6) is 0 Å². The van der Waals surface area contributed by atoms with Gasteiger partial charge in [0, 0.05) is 26.2 Å². The Morgan fingerprint density at radius 1 is 1.12 bits per heavy atom. The van der Waals surface area contributed by atoms with E-state index >= 15 is 0 Å². The molecule has 0 saturated heterocycles. The summed E-state index contributed by atoms with van der Waals surface area (Å²) in [4.78, 5) is 11.3. The van der Waals surface area contributed by atoms with Crippen LogP contribution in [0.15, 0.2) is 0 Å². The summed E-state index contributed by atoms with van der Waals surface area (Å²) >= 11 is 0. The maximum Gasteiger partial charge on any atom is 0.220 e. The van der Waals surface area contributed by atoms with Gasteiger partial charge in [-0.3, -0.25) is 4.79 Å². The molecule has 17 heavy (non-hydrogen) atoms. The Morgan fingerprint density at radius 2 is 1.82 bits per heavy atom. The Bertz CT molecular complexity index is 193. The number of rotatable bonds is 10. The Balaban J connectivity index is 3.16. The molecule has 0 heterocycles. The Morgan fingerprint density at radius 3 is 2.41 bits per heavy atom. The molecule has 1 amide bonds. The molecular formula is C13H27NO3. The molecule has 0 rings (SSSR count). The third-order valence-electron chi connectivity index (χ3n) is 2.05. The third kappa shape index (κ3) is 13.3. The molecule has 0 aromatic rings. The second-order valence-corrected chi connectivity index (χ2v) is 4.83. The molecule has 0 aliphatic heterocycles. The Labute approximate surface area is 105 Å². The van der Waals surface area contributed by atoms with Crippen molar-refractivity contribution in [1.29, 1.82) is 0 Å². The molecule has 0 aliphatic carbocycles. The summed E-state index contributed by atoms with van der Waals surface area (Å²) in [7, 11) is 0. The zero-order valence-electron chi connectivity index (χ0n) is 11.6. The van der Waals surface area contributed by atoms with Crippen molar-refractivity contribution >= 4 is 5.91 Å². The summed E-state index contributed by atoms with van der Waals surface area (Å²) in [5.41, 5.74) is 0. The monoisotopic (exact) mass is 245 g/mol. The van der Waals surface area contributed by atoms with Crippen molar-refractivity contribution in [3.63, 3.8) is 0 Å². The van der Waals surface area contributed by atoms with Crippen molar-refractivity contribution in [3.8, 4) is 0 Å². The van der Waals surface area contributed by atoms with Gasteiger partial charge in [0.1, 0.15) is 0 Å². The van der Waals surface area contributed by atoms with Crippen LogP contribution in [0, 0.1) is 5.92 Å². The lowest BCUT2D eigenvalue weighted by Gasteiger charge is -2.09. The van der Waals surface area contributed by atoms with E-state index in [-0.39, 0.29) is 12.0 Å². The zero-order valence-corrected chi connectivity index (χ0v) is 11.6. The van der Waals surface area contributed by atoms with Gasteiger partial charge in [-0.1, -0.05) is 13.8 Å². The van der Waals surface area contributed by atoms with Crippen LogP contribution in [-0.4, -0.2) is 38.4 Å². The predicted molar refractivity (Wildman–Crippen MR) is 69.0 cm³/mol. The maximum atomic E-state index is 11.3. The predicted octanol–water partition coefficient (Wildman–Crippen LogP) is 1.98. The third-order valence-corrected chi connectivity index (χ3v) is 2.05. The van der Waals surface area contributed by atoms with Gasteiger partial charge in [-0.05, 0) is 26.2 Å². The van der Waals surface area contributed by atoms with Crippen molar-refractivity contribution in [3.05, 3.63) is 0 Å². The SMILES string of the molecule is CC(C)CC(=O)NCCOCCCOC(C)C. The fourth-order valence-electron chi connectivity index (χ4n) is 1.29. The van der Waals surface area contributed by atoms with Crippen LogP contribution in [0.1, 0.15) is 40.5 Å². The average molecular weight is 245 g/mol. The lowest BCUT2D eigenvalue weighted by Crippen LogP contribution is -2.28. The minimum atomic E-state index is 0.103. The minimum Gasteiger partial charge on any atom is -0.380 e. The molecule has 0 fully saturated rings. The highest BCUT2D eigenvalue weighted by atomic mass is 16.5. The van der Waals surface area contributed by atoms with Crippen LogP contribution in [0.3, 0.4) is 0 Å². The minimum absolute atomic E-state index is 0.103. The lowest BCUT2D eigenvalue weighted by molar-refractivity contribution is -0.122. The summed E-state index contributed by atoms with van der Waals surface area (Å²) in [6, 6.07) is 0. The molecule has 0 aromatic heterocycles. The van der Waals surface area contributed by atoms with Gasteiger partial charge in [-0.2, -0.15) is 0 Å². The number of nitrogens with one attached hydrogen (secondary N) is 1. The van der Waals surface area contributed by atoms with Crippen LogP contribution in [0.25, 0.3) is 0 Å². The van der Waals surface area contributed by atoms with Gasteiger partial charge in [0.05, 0.1) is 12.7 Å². The van der Waals surface area contributed by atoms with Crippen molar-refractivity contribution in [2.75, 3.05) is 26.4 Å². The summed E-state index contributed by atoms with van der Waals surface area (Å²) in [6.45, 7) is 10.7. The largest absolute Gasteiger partial charge is 0.380 e. The lowest BCUT2D eigenvalue weighted by atomic mass is 10.1. The molecule has 4 heteroatoms. The highest BCUT2D eigenvalue weighted by Crippen LogP contribution is 1.97. The highest BCUT2D eigenvalue weighted by molar-refractivity contribution is 5.75. The number of amides is 1. The molecule has 0 radical (unpaired) electrons. The Hall–Kier alpha value is -0.610. The second-order valence-electron chi connectivity index (χ2n) is 4.83. The number of ether oxygens (including phenoxy) is 2. The molecule has 0 bridgehead atoms. The average Bonchev–Trinajstić information content (AvgIpc) is 2.20. The van der Waals surface area contributed by atoms with E-state index in [9.17, 15) is 4.79 Å². The number of carbonyl (C=O) groups is 1. The molecule has 0 spiro atoms. The van der Waals surface area contributed by atoms with E-state index < -0.39 is 0 Å². The van der Waals surface area contributed by atoms with Crippen LogP contribution < -0.4 is 5.32 Å². The quantitative estimate of drug-likeness (QED) is 0.599. The van der Waals surface area contributed by atoms with Gasteiger partial charge in [-0.15, -0.1) is 0 Å². The topological polar surface area (TPSA) is 47.6 Å². The van der Waals surface area contributed by atoms with Gasteiger partial charge >= 0.3 is 0 Å². The van der Waals surface area contributed by atoms with E-state index in [1.54, 1.807) is 0 Å². The van der Waals surface area contributed by atoms with Crippen molar-refractivity contribution < 1.29 is 14.3 Å². The van der Waals surface area contributed by atoms with Gasteiger partial charge in [0.25, 0.3) is 0 Å².